The molecule has 1 fully saturated rings. The van der Waals surface area contributed by atoms with Crippen molar-refractivity contribution < 1.29 is 8.42 Å². The van der Waals surface area contributed by atoms with E-state index in [2.05, 4.69) is 20.7 Å². The molecule has 0 heterocycles. The molecule has 0 radical (unpaired) electrons. The fraction of sp³-hybridized carbons (Fsp3) is 0.500. The maximum atomic E-state index is 12.3. The van der Waals surface area contributed by atoms with Crippen molar-refractivity contribution in [3.8, 4) is 0 Å². The fourth-order valence-corrected chi connectivity index (χ4v) is 4.67. The Morgan fingerprint density at radius 3 is 2.47 bits per heavy atom. The van der Waals surface area contributed by atoms with Crippen molar-refractivity contribution in [2.24, 2.45) is 0 Å². The summed E-state index contributed by atoms with van der Waals surface area (Å²) < 4.78 is 28.0. The quantitative estimate of drug-likeness (QED) is 0.927. The first-order chi connectivity index (χ1) is 7.99. The molecule has 0 bridgehead atoms. The van der Waals surface area contributed by atoms with Crippen molar-refractivity contribution in [2.75, 3.05) is 0 Å². The molecule has 3 nitrogen and oxygen atoms in total. The second-order valence-electron chi connectivity index (χ2n) is 4.52. The standard InChI is InChI=1S/C12H16BrNO2S/c1-2-12(8-5-9-12)14-17(15,16)11-7-4-3-6-10(11)13/h3-4,6-7,14H,2,5,8-9H2,1H3. The van der Waals surface area contributed by atoms with Gasteiger partial charge in [-0.15, -0.1) is 0 Å². The minimum atomic E-state index is -3.42. The van der Waals surface area contributed by atoms with E-state index in [-0.39, 0.29) is 5.54 Å². The van der Waals surface area contributed by atoms with Crippen LogP contribution in [0.4, 0.5) is 0 Å². The van der Waals surface area contributed by atoms with Crippen LogP contribution in [0.25, 0.3) is 0 Å². The first kappa shape index (κ1) is 13.1. The lowest BCUT2D eigenvalue weighted by Crippen LogP contribution is -2.52. The average Bonchev–Trinajstić information content (AvgIpc) is 2.24. The summed E-state index contributed by atoms with van der Waals surface area (Å²) in [6.45, 7) is 2.03. The molecule has 0 aromatic heterocycles. The summed E-state index contributed by atoms with van der Waals surface area (Å²) in [7, 11) is -3.42. The van der Waals surface area contributed by atoms with Crippen LogP contribution in [-0.2, 0) is 10.0 Å². The van der Waals surface area contributed by atoms with E-state index in [1.54, 1.807) is 18.2 Å². The number of nitrogens with one attached hydrogen (secondary N) is 1. The lowest BCUT2D eigenvalue weighted by atomic mass is 9.76. The van der Waals surface area contributed by atoms with Gasteiger partial charge in [-0.05, 0) is 53.7 Å². The first-order valence-corrected chi connectivity index (χ1v) is 8.05. The molecule has 5 heteroatoms. The van der Waals surface area contributed by atoms with Gasteiger partial charge in [-0.1, -0.05) is 19.1 Å². The molecule has 0 atom stereocenters. The van der Waals surface area contributed by atoms with Crippen LogP contribution in [0.15, 0.2) is 33.6 Å². The third-order valence-electron chi connectivity index (χ3n) is 3.46. The van der Waals surface area contributed by atoms with Gasteiger partial charge in [-0.25, -0.2) is 13.1 Å². The van der Waals surface area contributed by atoms with E-state index < -0.39 is 10.0 Å². The zero-order valence-electron chi connectivity index (χ0n) is 9.74. The molecule has 0 aliphatic heterocycles. The molecule has 1 aromatic rings. The van der Waals surface area contributed by atoms with Crippen molar-refractivity contribution in [3.63, 3.8) is 0 Å². The summed E-state index contributed by atoms with van der Waals surface area (Å²) in [6.07, 6.45) is 3.82. The van der Waals surface area contributed by atoms with E-state index in [4.69, 9.17) is 0 Å². The van der Waals surface area contributed by atoms with Gasteiger partial charge in [0.2, 0.25) is 10.0 Å². The highest BCUT2D eigenvalue weighted by atomic mass is 79.9. The summed E-state index contributed by atoms with van der Waals surface area (Å²) in [5.41, 5.74) is -0.214. The summed E-state index contributed by atoms with van der Waals surface area (Å²) in [6, 6.07) is 6.91. The van der Waals surface area contributed by atoms with E-state index >= 15 is 0 Å². The summed E-state index contributed by atoms with van der Waals surface area (Å²) >= 11 is 3.28. The van der Waals surface area contributed by atoms with Gasteiger partial charge in [0.25, 0.3) is 0 Å². The smallest absolute Gasteiger partial charge is 0.207 e. The summed E-state index contributed by atoms with van der Waals surface area (Å²) in [5.74, 6) is 0. The van der Waals surface area contributed by atoms with Gasteiger partial charge in [0.15, 0.2) is 0 Å². The molecule has 1 aromatic carbocycles. The molecule has 0 spiro atoms. The molecular formula is C12H16BrNO2S. The predicted molar refractivity (Wildman–Crippen MR) is 71.3 cm³/mol. The van der Waals surface area contributed by atoms with Gasteiger partial charge in [-0.2, -0.15) is 0 Å². The van der Waals surface area contributed by atoms with Crippen LogP contribution in [0, 0.1) is 0 Å². The Balaban J connectivity index is 2.29. The van der Waals surface area contributed by atoms with Gasteiger partial charge in [0.05, 0.1) is 4.90 Å². The lowest BCUT2D eigenvalue weighted by molar-refractivity contribution is 0.214. The van der Waals surface area contributed by atoms with Crippen molar-refractivity contribution in [1.82, 2.24) is 4.72 Å². The van der Waals surface area contributed by atoms with E-state index in [1.807, 2.05) is 13.0 Å². The molecule has 1 N–H and O–H groups in total. The molecule has 0 unspecified atom stereocenters. The number of hydrogen-bond acceptors (Lipinski definition) is 2. The van der Waals surface area contributed by atoms with Crippen molar-refractivity contribution in [1.29, 1.82) is 0 Å². The molecule has 17 heavy (non-hydrogen) atoms. The van der Waals surface area contributed by atoms with Crippen molar-refractivity contribution in [2.45, 2.75) is 43.0 Å². The van der Waals surface area contributed by atoms with E-state index in [0.717, 1.165) is 25.7 Å². The Labute approximate surface area is 111 Å². The third-order valence-corrected chi connectivity index (χ3v) is 6.06. The van der Waals surface area contributed by atoms with Crippen LogP contribution in [0.3, 0.4) is 0 Å². The Kier molecular flexibility index (Phi) is 3.61. The highest BCUT2D eigenvalue weighted by Gasteiger charge is 2.39. The maximum Gasteiger partial charge on any atom is 0.242 e. The molecule has 94 valence electrons. The van der Waals surface area contributed by atoms with Crippen LogP contribution in [0.5, 0.6) is 0 Å². The normalized spacial score (nSPS) is 18.7. The third kappa shape index (κ3) is 2.56. The summed E-state index contributed by atoms with van der Waals surface area (Å²) in [4.78, 5) is 0.319. The Morgan fingerprint density at radius 2 is 2.00 bits per heavy atom. The largest absolute Gasteiger partial charge is 0.242 e. The minimum Gasteiger partial charge on any atom is -0.207 e. The SMILES string of the molecule is CCC1(NS(=O)(=O)c2ccccc2Br)CCC1. The van der Waals surface area contributed by atoms with Gasteiger partial charge >= 0.3 is 0 Å². The molecule has 2 rings (SSSR count). The van der Waals surface area contributed by atoms with Crippen LogP contribution in [-0.4, -0.2) is 14.0 Å². The van der Waals surface area contributed by atoms with E-state index in [1.165, 1.54) is 0 Å². The monoisotopic (exact) mass is 317 g/mol. The zero-order chi connectivity index (χ0) is 12.5. The van der Waals surface area contributed by atoms with Crippen LogP contribution >= 0.6 is 15.9 Å². The van der Waals surface area contributed by atoms with Crippen LogP contribution in [0.1, 0.15) is 32.6 Å². The average molecular weight is 318 g/mol. The summed E-state index contributed by atoms with van der Waals surface area (Å²) in [5, 5.41) is 0. The van der Waals surface area contributed by atoms with Crippen LogP contribution in [0.2, 0.25) is 0 Å². The van der Waals surface area contributed by atoms with Crippen molar-refractivity contribution in [3.05, 3.63) is 28.7 Å². The Bertz CT molecular complexity index is 503. The van der Waals surface area contributed by atoms with Gasteiger partial charge in [-0.3, -0.25) is 0 Å². The number of benzene rings is 1. The molecule has 1 saturated carbocycles. The zero-order valence-corrected chi connectivity index (χ0v) is 12.1. The van der Waals surface area contributed by atoms with Crippen molar-refractivity contribution >= 4 is 26.0 Å². The Hall–Kier alpha value is -0.390. The van der Waals surface area contributed by atoms with Gasteiger partial charge < -0.3 is 0 Å². The lowest BCUT2D eigenvalue weighted by Gasteiger charge is -2.41. The molecule has 0 amide bonds. The predicted octanol–water partition coefficient (Wildman–Crippen LogP) is 3.06. The van der Waals surface area contributed by atoms with E-state index in [9.17, 15) is 8.42 Å². The van der Waals surface area contributed by atoms with Crippen LogP contribution < -0.4 is 4.72 Å². The number of hydrogen-bond donors (Lipinski definition) is 1. The first-order valence-electron chi connectivity index (χ1n) is 5.78. The highest BCUT2D eigenvalue weighted by Crippen LogP contribution is 2.36. The second-order valence-corrected chi connectivity index (χ2v) is 7.03. The molecular weight excluding hydrogens is 302 g/mol. The molecule has 1 aliphatic carbocycles. The molecule has 0 saturated heterocycles. The number of sulfonamides is 1. The fourth-order valence-electron chi connectivity index (χ4n) is 2.13. The highest BCUT2D eigenvalue weighted by molar-refractivity contribution is 9.10. The van der Waals surface area contributed by atoms with Gasteiger partial charge in [0.1, 0.15) is 0 Å². The van der Waals surface area contributed by atoms with E-state index in [0.29, 0.717) is 9.37 Å². The Morgan fingerprint density at radius 1 is 1.35 bits per heavy atom. The second kappa shape index (κ2) is 4.71. The van der Waals surface area contributed by atoms with Gasteiger partial charge in [0, 0.05) is 10.0 Å². The minimum absolute atomic E-state index is 0.214. The number of halogens is 1. The molecule has 1 aliphatic rings. The number of rotatable bonds is 4. The topological polar surface area (TPSA) is 46.2 Å². The maximum absolute atomic E-state index is 12.3.